The number of hydrogen-bond acceptors (Lipinski definition) is 3. The average molecular weight is 258 g/mol. The number of fused-ring (bicyclic) bond motifs is 1. The van der Waals surface area contributed by atoms with Crippen molar-refractivity contribution < 1.29 is 4.42 Å². The highest BCUT2D eigenvalue weighted by Crippen LogP contribution is 2.31. The van der Waals surface area contributed by atoms with Crippen LogP contribution in [-0.2, 0) is 0 Å². The first-order valence-electron chi connectivity index (χ1n) is 7.17. The van der Waals surface area contributed by atoms with Crippen LogP contribution in [0.2, 0.25) is 0 Å². The Kier molecular flexibility index (Phi) is 3.58. The van der Waals surface area contributed by atoms with Gasteiger partial charge in [-0.25, -0.2) is 0 Å². The van der Waals surface area contributed by atoms with Gasteiger partial charge in [0.2, 0.25) is 0 Å². The van der Waals surface area contributed by atoms with Gasteiger partial charge in [0.05, 0.1) is 0 Å². The maximum Gasteiger partial charge on any atom is 0.134 e. The predicted molar refractivity (Wildman–Crippen MR) is 78.7 cm³/mol. The van der Waals surface area contributed by atoms with E-state index in [1.54, 1.807) is 0 Å². The van der Waals surface area contributed by atoms with Crippen molar-refractivity contribution in [2.24, 2.45) is 0 Å². The number of nitrogens with zero attached hydrogens (tertiary/aromatic N) is 1. The second-order valence-corrected chi connectivity index (χ2v) is 5.52. The van der Waals surface area contributed by atoms with Gasteiger partial charge in [0.25, 0.3) is 0 Å². The summed E-state index contributed by atoms with van der Waals surface area (Å²) in [5.41, 5.74) is 2.40. The van der Waals surface area contributed by atoms with Crippen LogP contribution in [0, 0.1) is 6.92 Å². The Morgan fingerprint density at radius 3 is 2.79 bits per heavy atom. The smallest absolute Gasteiger partial charge is 0.134 e. The maximum atomic E-state index is 5.88. The van der Waals surface area contributed by atoms with E-state index in [0.29, 0.717) is 5.92 Å². The highest BCUT2D eigenvalue weighted by Gasteiger charge is 2.20. The zero-order valence-corrected chi connectivity index (χ0v) is 11.8. The lowest BCUT2D eigenvalue weighted by molar-refractivity contribution is 0.230. The molecule has 1 N–H and O–H groups in total. The van der Waals surface area contributed by atoms with Crippen molar-refractivity contribution in [3.8, 4) is 0 Å². The zero-order valence-electron chi connectivity index (χ0n) is 11.8. The summed E-state index contributed by atoms with van der Waals surface area (Å²) < 4.78 is 5.88. The lowest BCUT2D eigenvalue weighted by atomic mass is 9.97. The standard InChI is InChI=1S/C16H22N2O/c1-12(11-18-9-7-17-8-10-18)16-13(2)19-15-6-4-3-5-14(15)16/h3-6,12,17H,7-11H2,1-2H3. The van der Waals surface area contributed by atoms with Crippen molar-refractivity contribution >= 4 is 11.0 Å². The Morgan fingerprint density at radius 1 is 1.26 bits per heavy atom. The molecule has 1 atom stereocenters. The molecular weight excluding hydrogens is 236 g/mol. The lowest BCUT2D eigenvalue weighted by Crippen LogP contribution is -2.44. The Bertz CT molecular complexity index is 555. The third kappa shape index (κ3) is 2.53. The molecule has 1 aliphatic rings. The van der Waals surface area contributed by atoms with Gasteiger partial charge in [-0.3, -0.25) is 0 Å². The molecule has 1 aliphatic heterocycles. The van der Waals surface area contributed by atoms with Crippen LogP contribution in [-0.4, -0.2) is 37.6 Å². The summed E-state index contributed by atoms with van der Waals surface area (Å²) in [6, 6.07) is 8.37. The molecule has 0 saturated carbocycles. The molecular formula is C16H22N2O. The van der Waals surface area contributed by atoms with Gasteiger partial charge >= 0.3 is 0 Å². The van der Waals surface area contributed by atoms with Crippen LogP contribution in [0.1, 0.15) is 24.2 Å². The predicted octanol–water partition coefficient (Wildman–Crippen LogP) is 2.75. The molecule has 1 fully saturated rings. The largest absolute Gasteiger partial charge is 0.461 e. The minimum Gasteiger partial charge on any atom is -0.461 e. The van der Waals surface area contributed by atoms with Gasteiger partial charge in [0, 0.05) is 43.7 Å². The molecule has 3 heteroatoms. The first-order chi connectivity index (χ1) is 9.25. The number of aryl methyl sites for hydroxylation is 1. The van der Waals surface area contributed by atoms with E-state index in [1.165, 1.54) is 10.9 Å². The van der Waals surface area contributed by atoms with E-state index in [1.807, 2.05) is 6.07 Å². The number of furan rings is 1. The van der Waals surface area contributed by atoms with E-state index >= 15 is 0 Å². The normalized spacial score (nSPS) is 18.8. The van der Waals surface area contributed by atoms with Gasteiger partial charge in [-0.15, -0.1) is 0 Å². The second kappa shape index (κ2) is 5.35. The van der Waals surface area contributed by atoms with Gasteiger partial charge in [-0.05, 0) is 18.9 Å². The monoisotopic (exact) mass is 258 g/mol. The number of nitrogens with one attached hydrogen (secondary N) is 1. The van der Waals surface area contributed by atoms with Crippen molar-refractivity contribution in [3.63, 3.8) is 0 Å². The van der Waals surface area contributed by atoms with Crippen molar-refractivity contribution in [1.82, 2.24) is 10.2 Å². The van der Waals surface area contributed by atoms with Gasteiger partial charge in [-0.2, -0.15) is 0 Å². The molecule has 0 spiro atoms. The van der Waals surface area contributed by atoms with E-state index < -0.39 is 0 Å². The van der Waals surface area contributed by atoms with E-state index in [0.717, 1.165) is 44.1 Å². The van der Waals surface area contributed by atoms with Crippen LogP contribution < -0.4 is 5.32 Å². The third-order valence-corrected chi connectivity index (χ3v) is 4.05. The lowest BCUT2D eigenvalue weighted by Gasteiger charge is -2.29. The molecule has 0 amide bonds. The molecule has 0 bridgehead atoms. The first kappa shape index (κ1) is 12.7. The summed E-state index contributed by atoms with van der Waals surface area (Å²) in [5.74, 6) is 1.59. The highest BCUT2D eigenvalue weighted by molar-refractivity contribution is 5.82. The summed E-state index contributed by atoms with van der Waals surface area (Å²) in [4.78, 5) is 2.54. The fourth-order valence-corrected chi connectivity index (χ4v) is 3.17. The van der Waals surface area contributed by atoms with E-state index in [-0.39, 0.29) is 0 Å². The highest BCUT2D eigenvalue weighted by atomic mass is 16.3. The number of piperazine rings is 1. The summed E-state index contributed by atoms with van der Waals surface area (Å²) in [6.45, 7) is 10.0. The van der Waals surface area contributed by atoms with Crippen molar-refractivity contribution in [2.45, 2.75) is 19.8 Å². The van der Waals surface area contributed by atoms with E-state index in [4.69, 9.17) is 4.42 Å². The number of benzene rings is 1. The molecule has 1 saturated heterocycles. The van der Waals surface area contributed by atoms with Crippen LogP contribution in [0.3, 0.4) is 0 Å². The summed E-state index contributed by atoms with van der Waals surface area (Å²) in [6.07, 6.45) is 0. The van der Waals surface area contributed by atoms with Crippen LogP contribution in [0.4, 0.5) is 0 Å². The van der Waals surface area contributed by atoms with Gasteiger partial charge in [0.1, 0.15) is 11.3 Å². The first-order valence-corrected chi connectivity index (χ1v) is 7.17. The summed E-state index contributed by atoms with van der Waals surface area (Å²) >= 11 is 0. The maximum absolute atomic E-state index is 5.88. The molecule has 3 nitrogen and oxygen atoms in total. The van der Waals surface area contributed by atoms with Crippen LogP contribution >= 0.6 is 0 Å². The fraction of sp³-hybridized carbons (Fsp3) is 0.500. The Hall–Kier alpha value is -1.32. The summed E-state index contributed by atoms with van der Waals surface area (Å²) in [5, 5.41) is 4.68. The Labute approximate surface area is 114 Å². The molecule has 2 aromatic rings. The molecule has 1 aromatic carbocycles. The second-order valence-electron chi connectivity index (χ2n) is 5.52. The molecule has 19 heavy (non-hydrogen) atoms. The van der Waals surface area contributed by atoms with E-state index in [2.05, 4.69) is 42.3 Å². The third-order valence-electron chi connectivity index (χ3n) is 4.05. The quantitative estimate of drug-likeness (QED) is 0.917. The average Bonchev–Trinajstić information content (AvgIpc) is 2.75. The van der Waals surface area contributed by atoms with Crippen LogP contribution in [0.5, 0.6) is 0 Å². The fourth-order valence-electron chi connectivity index (χ4n) is 3.17. The Morgan fingerprint density at radius 2 is 2.00 bits per heavy atom. The minimum atomic E-state index is 0.516. The van der Waals surface area contributed by atoms with E-state index in [9.17, 15) is 0 Å². The van der Waals surface area contributed by atoms with Gasteiger partial charge in [0.15, 0.2) is 0 Å². The van der Waals surface area contributed by atoms with Gasteiger partial charge in [-0.1, -0.05) is 25.1 Å². The van der Waals surface area contributed by atoms with Crippen LogP contribution in [0.25, 0.3) is 11.0 Å². The topological polar surface area (TPSA) is 28.4 Å². The number of para-hydroxylation sites is 1. The molecule has 0 aliphatic carbocycles. The van der Waals surface area contributed by atoms with Crippen molar-refractivity contribution in [3.05, 3.63) is 35.6 Å². The van der Waals surface area contributed by atoms with Crippen LogP contribution in [0.15, 0.2) is 28.7 Å². The number of rotatable bonds is 3. The number of hydrogen-bond donors (Lipinski definition) is 1. The van der Waals surface area contributed by atoms with Crippen molar-refractivity contribution in [2.75, 3.05) is 32.7 Å². The summed E-state index contributed by atoms with van der Waals surface area (Å²) in [7, 11) is 0. The zero-order chi connectivity index (χ0) is 13.2. The Balaban J connectivity index is 1.84. The molecule has 0 radical (unpaired) electrons. The minimum absolute atomic E-state index is 0.516. The molecule has 1 unspecified atom stereocenters. The SMILES string of the molecule is Cc1oc2ccccc2c1C(C)CN1CCNCC1. The van der Waals surface area contributed by atoms with Crippen molar-refractivity contribution in [1.29, 1.82) is 0 Å². The van der Waals surface area contributed by atoms with Gasteiger partial charge < -0.3 is 14.6 Å². The molecule has 3 rings (SSSR count). The molecule has 1 aromatic heterocycles. The molecule has 2 heterocycles. The molecule has 102 valence electrons.